The second kappa shape index (κ2) is 10.6. The Morgan fingerprint density at radius 3 is 2.24 bits per heavy atom. The van der Waals surface area contributed by atoms with Gasteiger partial charge in [-0.2, -0.15) is 5.26 Å². The van der Waals surface area contributed by atoms with Gasteiger partial charge in [-0.05, 0) is 79.3 Å². The number of nitrogens with one attached hydrogen (secondary N) is 1. The van der Waals surface area contributed by atoms with E-state index in [1.54, 1.807) is 6.07 Å². The molecule has 2 atom stereocenters. The summed E-state index contributed by atoms with van der Waals surface area (Å²) in [6.07, 6.45) is 4.45. The topological polar surface area (TPSA) is 52.9 Å². The van der Waals surface area contributed by atoms with Crippen molar-refractivity contribution in [2.75, 3.05) is 0 Å². The van der Waals surface area contributed by atoms with Crippen molar-refractivity contribution in [2.24, 2.45) is 0 Å². The summed E-state index contributed by atoms with van der Waals surface area (Å²) in [5.74, 6) is 0.0689. The van der Waals surface area contributed by atoms with Crippen molar-refractivity contribution in [3.63, 3.8) is 0 Å². The summed E-state index contributed by atoms with van der Waals surface area (Å²) in [7, 11) is 0. The third-order valence-corrected chi connectivity index (χ3v) is 7.57. The smallest absolute Gasteiger partial charge is 0.230 e. The van der Waals surface area contributed by atoms with Gasteiger partial charge in [0, 0.05) is 22.0 Å². The fourth-order valence-corrected chi connectivity index (χ4v) is 5.39. The predicted molar refractivity (Wildman–Crippen MR) is 138 cm³/mol. The number of nitriles is 1. The van der Waals surface area contributed by atoms with Crippen LogP contribution in [-0.2, 0) is 16.6 Å². The lowest BCUT2D eigenvalue weighted by atomic mass is 9.77. The molecule has 174 valence electrons. The van der Waals surface area contributed by atoms with Gasteiger partial charge in [0.2, 0.25) is 5.91 Å². The standard InChI is InChI=1S/C29H28Cl2N2O/c1-20(33-28(34)29(15-2-3-16-29)24-9-13-26(31)14-10-24)27(18-21-7-11-25(30)12-8-21)23-6-4-5-22(17-23)19-32/h4-14,17,20,27H,2-3,15-16,18H2,1H3,(H,33,34). The highest BCUT2D eigenvalue weighted by Crippen LogP contribution is 2.42. The summed E-state index contributed by atoms with van der Waals surface area (Å²) in [5.41, 5.74) is 3.28. The van der Waals surface area contributed by atoms with Crippen LogP contribution in [0.25, 0.3) is 0 Å². The number of benzene rings is 3. The maximum atomic E-state index is 13.8. The van der Waals surface area contributed by atoms with E-state index in [0.717, 1.165) is 48.8 Å². The van der Waals surface area contributed by atoms with Crippen LogP contribution in [0.5, 0.6) is 0 Å². The molecule has 3 aromatic rings. The molecule has 2 unspecified atom stereocenters. The normalized spacial score (nSPS) is 16.4. The van der Waals surface area contributed by atoms with E-state index >= 15 is 0 Å². The molecule has 1 fully saturated rings. The molecule has 0 aromatic heterocycles. The molecule has 3 aromatic carbocycles. The second-order valence-electron chi connectivity index (χ2n) is 9.23. The van der Waals surface area contributed by atoms with Gasteiger partial charge in [-0.25, -0.2) is 0 Å². The number of nitrogens with zero attached hydrogens (tertiary/aromatic N) is 1. The first-order valence-corrected chi connectivity index (χ1v) is 12.5. The Bertz CT molecular complexity index is 1180. The minimum absolute atomic E-state index is 0.00194. The van der Waals surface area contributed by atoms with Crippen LogP contribution in [0.2, 0.25) is 10.0 Å². The van der Waals surface area contributed by atoms with E-state index in [2.05, 4.69) is 18.3 Å². The van der Waals surface area contributed by atoms with E-state index in [4.69, 9.17) is 23.2 Å². The zero-order chi connectivity index (χ0) is 24.1. The zero-order valence-electron chi connectivity index (χ0n) is 19.2. The SMILES string of the molecule is CC(NC(=O)C1(c2ccc(Cl)cc2)CCCC1)C(Cc1ccc(Cl)cc1)c1cccc(C#N)c1. The molecule has 0 radical (unpaired) electrons. The van der Waals surface area contributed by atoms with Crippen LogP contribution >= 0.6 is 23.2 Å². The molecule has 0 aliphatic heterocycles. The molecule has 5 heteroatoms. The number of hydrogen-bond acceptors (Lipinski definition) is 2. The summed E-state index contributed by atoms with van der Waals surface area (Å²) in [4.78, 5) is 13.8. The molecular weight excluding hydrogens is 463 g/mol. The monoisotopic (exact) mass is 490 g/mol. The minimum atomic E-state index is -0.530. The Labute approximate surface area is 211 Å². The third-order valence-electron chi connectivity index (χ3n) is 7.06. The highest BCUT2D eigenvalue weighted by Gasteiger charge is 2.43. The highest BCUT2D eigenvalue weighted by atomic mass is 35.5. The molecule has 3 nitrogen and oxygen atoms in total. The van der Waals surface area contributed by atoms with Crippen molar-refractivity contribution in [3.8, 4) is 6.07 Å². The van der Waals surface area contributed by atoms with Gasteiger partial charge in [0.25, 0.3) is 0 Å². The van der Waals surface area contributed by atoms with Crippen molar-refractivity contribution in [1.82, 2.24) is 5.32 Å². The maximum absolute atomic E-state index is 13.8. The summed E-state index contributed by atoms with van der Waals surface area (Å²) in [6, 6.07) is 25.3. The Morgan fingerprint density at radius 1 is 1.00 bits per heavy atom. The molecule has 4 rings (SSSR count). The first kappa shape index (κ1) is 24.3. The Hall–Kier alpha value is -2.80. The minimum Gasteiger partial charge on any atom is -0.352 e. The van der Waals surface area contributed by atoms with Crippen LogP contribution in [0.1, 0.15) is 60.8 Å². The van der Waals surface area contributed by atoms with Crippen LogP contribution in [-0.4, -0.2) is 11.9 Å². The van der Waals surface area contributed by atoms with Gasteiger partial charge in [-0.3, -0.25) is 4.79 Å². The average Bonchev–Trinajstić information content (AvgIpc) is 3.35. The summed E-state index contributed by atoms with van der Waals surface area (Å²) >= 11 is 12.2. The number of halogens is 2. The van der Waals surface area contributed by atoms with E-state index < -0.39 is 5.41 Å². The molecule has 1 N–H and O–H groups in total. The van der Waals surface area contributed by atoms with Gasteiger partial charge in [0.15, 0.2) is 0 Å². The van der Waals surface area contributed by atoms with Crippen molar-refractivity contribution >= 4 is 29.1 Å². The van der Waals surface area contributed by atoms with Crippen LogP contribution in [0.15, 0.2) is 72.8 Å². The molecule has 0 spiro atoms. The van der Waals surface area contributed by atoms with Gasteiger partial charge in [0.1, 0.15) is 0 Å². The molecule has 1 aliphatic carbocycles. The summed E-state index contributed by atoms with van der Waals surface area (Å²) in [5, 5.41) is 14.2. The molecule has 1 amide bonds. The third kappa shape index (κ3) is 5.30. The number of hydrogen-bond donors (Lipinski definition) is 1. The van der Waals surface area contributed by atoms with Crippen LogP contribution in [0.4, 0.5) is 0 Å². The quantitative estimate of drug-likeness (QED) is 0.380. The number of rotatable bonds is 7. The predicted octanol–water partition coefficient (Wildman–Crippen LogP) is 7.21. The van der Waals surface area contributed by atoms with Crippen molar-refractivity contribution in [1.29, 1.82) is 5.26 Å². The first-order chi connectivity index (χ1) is 16.4. The summed E-state index contributed by atoms with van der Waals surface area (Å²) in [6.45, 7) is 2.06. The molecule has 34 heavy (non-hydrogen) atoms. The largest absolute Gasteiger partial charge is 0.352 e. The van der Waals surface area contributed by atoms with E-state index in [0.29, 0.717) is 15.6 Å². The van der Waals surface area contributed by atoms with Gasteiger partial charge in [-0.15, -0.1) is 0 Å². The average molecular weight is 491 g/mol. The van der Waals surface area contributed by atoms with Crippen molar-refractivity contribution < 1.29 is 4.79 Å². The van der Waals surface area contributed by atoms with E-state index in [-0.39, 0.29) is 17.9 Å². The van der Waals surface area contributed by atoms with E-state index in [1.807, 2.05) is 66.7 Å². The lowest BCUT2D eigenvalue weighted by molar-refractivity contribution is -0.127. The first-order valence-electron chi connectivity index (χ1n) is 11.7. The van der Waals surface area contributed by atoms with Crippen LogP contribution in [0.3, 0.4) is 0 Å². The Balaban J connectivity index is 1.63. The lowest BCUT2D eigenvalue weighted by Gasteiger charge is -2.33. The van der Waals surface area contributed by atoms with Gasteiger partial charge >= 0.3 is 0 Å². The molecule has 1 saturated carbocycles. The number of carbonyl (C=O) groups is 1. The molecular formula is C29H28Cl2N2O. The molecule has 0 bridgehead atoms. The Kier molecular flexibility index (Phi) is 7.61. The van der Waals surface area contributed by atoms with Crippen LogP contribution < -0.4 is 5.32 Å². The fraction of sp³-hybridized carbons (Fsp3) is 0.310. The van der Waals surface area contributed by atoms with E-state index in [9.17, 15) is 10.1 Å². The zero-order valence-corrected chi connectivity index (χ0v) is 20.7. The van der Waals surface area contributed by atoms with Gasteiger partial charge < -0.3 is 5.32 Å². The molecule has 0 heterocycles. The lowest BCUT2D eigenvalue weighted by Crippen LogP contribution is -2.48. The number of carbonyl (C=O) groups excluding carboxylic acids is 1. The number of amides is 1. The fourth-order valence-electron chi connectivity index (χ4n) is 5.14. The van der Waals surface area contributed by atoms with Gasteiger partial charge in [-0.1, -0.05) is 72.4 Å². The summed E-state index contributed by atoms with van der Waals surface area (Å²) < 4.78 is 0. The second-order valence-corrected chi connectivity index (χ2v) is 10.1. The van der Waals surface area contributed by atoms with Crippen LogP contribution in [0, 0.1) is 11.3 Å². The molecule has 0 saturated heterocycles. The maximum Gasteiger partial charge on any atom is 0.230 e. The van der Waals surface area contributed by atoms with E-state index in [1.165, 1.54) is 0 Å². The molecule has 1 aliphatic rings. The van der Waals surface area contributed by atoms with Gasteiger partial charge in [0.05, 0.1) is 17.0 Å². The Morgan fingerprint density at radius 2 is 1.62 bits per heavy atom. The highest BCUT2D eigenvalue weighted by molar-refractivity contribution is 6.30. The van der Waals surface area contributed by atoms with Crippen molar-refractivity contribution in [2.45, 2.75) is 56.4 Å². The van der Waals surface area contributed by atoms with Crippen molar-refractivity contribution in [3.05, 3.63) is 105 Å².